The predicted molar refractivity (Wildman–Crippen MR) is 130 cm³/mol. The van der Waals surface area contributed by atoms with Gasteiger partial charge in [-0.1, -0.05) is 38.7 Å². The molecule has 1 aliphatic rings. The standard InChI is InChI=1S/C24H38N6O/c1-5-6-7-8-9-13-29-14-16-30(17-15-29)24-26-22(19-23(27-24)28(2)3)25-20-11-10-12-21(18-20)31-4/h10-12,18-19H,5-9,13-17H2,1-4H3,(H,25,26,27). The summed E-state index contributed by atoms with van der Waals surface area (Å²) in [7, 11) is 5.70. The molecule has 0 amide bonds. The molecule has 7 nitrogen and oxygen atoms in total. The zero-order valence-electron chi connectivity index (χ0n) is 19.6. The van der Waals surface area contributed by atoms with Gasteiger partial charge < -0.3 is 19.9 Å². The Balaban J connectivity index is 1.63. The normalized spacial score (nSPS) is 14.5. The van der Waals surface area contributed by atoms with Crippen LogP contribution in [0.15, 0.2) is 30.3 Å². The van der Waals surface area contributed by atoms with Crippen LogP contribution in [-0.2, 0) is 0 Å². The van der Waals surface area contributed by atoms with Crippen LogP contribution >= 0.6 is 0 Å². The molecule has 1 saturated heterocycles. The lowest BCUT2D eigenvalue weighted by atomic mass is 10.1. The molecule has 31 heavy (non-hydrogen) atoms. The third kappa shape index (κ3) is 6.99. The molecule has 2 heterocycles. The Hall–Kier alpha value is -2.54. The largest absolute Gasteiger partial charge is 0.497 e. The first-order valence-electron chi connectivity index (χ1n) is 11.5. The molecule has 0 bridgehead atoms. The lowest BCUT2D eigenvalue weighted by molar-refractivity contribution is 0.251. The van der Waals surface area contributed by atoms with E-state index < -0.39 is 0 Å². The Morgan fingerprint density at radius 3 is 2.48 bits per heavy atom. The molecule has 0 radical (unpaired) electrons. The number of aromatic nitrogens is 2. The van der Waals surface area contributed by atoms with Crippen molar-refractivity contribution in [2.45, 2.75) is 39.0 Å². The van der Waals surface area contributed by atoms with E-state index in [1.54, 1.807) is 7.11 Å². The summed E-state index contributed by atoms with van der Waals surface area (Å²) in [6, 6.07) is 9.87. The lowest BCUT2D eigenvalue weighted by Crippen LogP contribution is -2.47. The van der Waals surface area contributed by atoms with Crippen LogP contribution in [0.2, 0.25) is 0 Å². The molecule has 3 rings (SSSR count). The predicted octanol–water partition coefficient (Wildman–Crippen LogP) is 4.39. The van der Waals surface area contributed by atoms with Crippen LogP contribution in [0.3, 0.4) is 0 Å². The molecule has 0 saturated carbocycles. The van der Waals surface area contributed by atoms with Crippen LogP contribution in [0.4, 0.5) is 23.3 Å². The van der Waals surface area contributed by atoms with Gasteiger partial charge in [0.1, 0.15) is 17.4 Å². The molecular formula is C24H38N6O. The van der Waals surface area contributed by atoms with Gasteiger partial charge in [0.15, 0.2) is 0 Å². The van der Waals surface area contributed by atoms with Gasteiger partial charge in [0.25, 0.3) is 0 Å². The van der Waals surface area contributed by atoms with Crippen molar-refractivity contribution in [1.29, 1.82) is 0 Å². The van der Waals surface area contributed by atoms with Gasteiger partial charge in [-0.15, -0.1) is 0 Å². The molecule has 7 heteroatoms. The molecule has 0 aliphatic carbocycles. The Bertz CT molecular complexity index is 804. The number of unbranched alkanes of at least 4 members (excludes halogenated alkanes) is 4. The fourth-order valence-corrected chi connectivity index (χ4v) is 3.82. The van der Waals surface area contributed by atoms with Crippen molar-refractivity contribution in [2.75, 3.05) is 69.0 Å². The van der Waals surface area contributed by atoms with Crippen molar-refractivity contribution >= 4 is 23.3 Å². The molecule has 1 fully saturated rings. The highest BCUT2D eigenvalue weighted by Crippen LogP contribution is 2.25. The molecule has 0 spiro atoms. The summed E-state index contributed by atoms with van der Waals surface area (Å²) in [6.45, 7) is 7.54. The van der Waals surface area contributed by atoms with Crippen LogP contribution in [0.25, 0.3) is 0 Å². The summed E-state index contributed by atoms with van der Waals surface area (Å²) in [5, 5.41) is 3.41. The highest BCUT2D eigenvalue weighted by molar-refractivity contribution is 5.63. The van der Waals surface area contributed by atoms with Gasteiger partial charge in [0, 0.05) is 58.1 Å². The van der Waals surface area contributed by atoms with E-state index in [4.69, 9.17) is 14.7 Å². The summed E-state index contributed by atoms with van der Waals surface area (Å²) in [6.07, 6.45) is 6.69. The Morgan fingerprint density at radius 2 is 1.77 bits per heavy atom. The first kappa shape index (κ1) is 23.1. The van der Waals surface area contributed by atoms with Crippen LogP contribution in [0, 0.1) is 0 Å². The molecule has 1 aromatic carbocycles. The van der Waals surface area contributed by atoms with E-state index in [1.807, 2.05) is 49.3 Å². The summed E-state index contributed by atoms with van der Waals surface area (Å²) < 4.78 is 5.34. The van der Waals surface area contributed by atoms with Gasteiger partial charge in [-0.3, -0.25) is 4.90 Å². The van der Waals surface area contributed by atoms with Crippen molar-refractivity contribution in [1.82, 2.24) is 14.9 Å². The van der Waals surface area contributed by atoms with E-state index in [1.165, 1.54) is 38.6 Å². The van der Waals surface area contributed by atoms with Crippen LogP contribution < -0.4 is 19.9 Å². The quantitative estimate of drug-likeness (QED) is 0.535. The maximum Gasteiger partial charge on any atom is 0.229 e. The van der Waals surface area contributed by atoms with Crippen molar-refractivity contribution in [3.05, 3.63) is 30.3 Å². The maximum absolute atomic E-state index is 5.34. The van der Waals surface area contributed by atoms with Crippen molar-refractivity contribution < 1.29 is 4.74 Å². The fourth-order valence-electron chi connectivity index (χ4n) is 3.82. The average molecular weight is 427 g/mol. The molecule has 1 aromatic heterocycles. The SMILES string of the molecule is CCCCCCCN1CCN(c2nc(Nc3cccc(OC)c3)cc(N(C)C)n2)CC1. The van der Waals surface area contributed by atoms with Crippen molar-refractivity contribution in [2.24, 2.45) is 0 Å². The smallest absolute Gasteiger partial charge is 0.229 e. The molecule has 2 aromatic rings. The Morgan fingerprint density at radius 1 is 1.00 bits per heavy atom. The second-order valence-electron chi connectivity index (χ2n) is 8.41. The minimum Gasteiger partial charge on any atom is -0.497 e. The highest BCUT2D eigenvalue weighted by Gasteiger charge is 2.20. The van der Waals surface area contributed by atoms with Crippen molar-refractivity contribution in [3.8, 4) is 5.75 Å². The number of nitrogens with zero attached hydrogens (tertiary/aromatic N) is 5. The second-order valence-corrected chi connectivity index (χ2v) is 8.41. The molecule has 0 unspecified atom stereocenters. The van der Waals surface area contributed by atoms with Gasteiger partial charge in [-0.2, -0.15) is 9.97 Å². The van der Waals surface area contributed by atoms with E-state index in [0.717, 1.165) is 55.2 Å². The monoisotopic (exact) mass is 426 g/mol. The number of nitrogens with one attached hydrogen (secondary N) is 1. The minimum absolute atomic E-state index is 0.791. The Kier molecular flexibility index (Phi) is 8.76. The zero-order valence-corrected chi connectivity index (χ0v) is 19.6. The number of benzene rings is 1. The van der Waals surface area contributed by atoms with Crippen LogP contribution in [0.5, 0.6) is 5.75 Å². The first-order valence-corrected chi connectivity index (χ1v) is 11.5. The van der Waals surface area contributed by atoms with Crippen LogP contribution in [-0.4, -0.2) is 68.8 Å². The molecule has 0 atom stereocenters. The zero-order chi connectivity index (χ0) is 22.1. The lowest BCUT2D eigenvalue weighted by Gasteiger charge is -2.35. The Labute approximate surface area is 187 Å². The van der Waals surface area contributed by atoms with Gasteiger partial charge >= 0.3 is 0 Å². The highest BCUT2D eigenvalue weighted by atomic mass is 16.5. The van der Waals surface area contributed by atoms with E-state index in [-0.39, 0.29) is 0 Å². The summed E-state index contributed by atoms with van der Waals surface area (Å²) in [5.74, 6) is 3.30. The third-order valence-electron chi connectivity index (χ3n) is 5.73. The molecule has 1 N–H and O–H groups in total. The van der Waals surface area contributed by atoms with Gasteiger partial charge in [-0.05, 0) is 25.1 Å². The number of methoxy groups -OCH3 is 1. The third-order valence-corrected chi connectivity index (χ3v) is 5.73. The van der Waals surface area contributed by atoms with E-state index >= 15 is 0 Å². The first-order chi connectivity index (χ1) is 15.1. The number of anilines is 4. The summed E-state index contributed by atoms with van der Waals surface area (Å²) in [4.78, 5) is 16.5. The van der Waals surface area contributed by atoms with Gasteiger partial charge in [-0.25, -0.2) is 0 Å². The van der Waals surface area contributed by atoms with E-state index in [0.29, 0.717) is 0 Å². The van der Waals surface area contributed by atoms with Crippen LogP contribution in [0.1, 0.15) is 39.0 Å². The minimum atomic E-state index is 0.791. The van der Waals surface area contributed by atoms with Gasteiger partial charge in [0.2, 0.25) is 5.95 Å². The number of piperazine rings is 1. The second kappa shape index (κ2) is 11.7. The number of ether oxygens (including phenoxy) is 1. The molecular weight excluding hydrogens is 388 g/mol. The summed E-state index contributed by atoms with van der Waals surface area (Å²) in [5.41, 5.74) is 0.946. The molecule has 1 aliphatic heterocycles. The maximum atomic E-state index is 5.34. The number of hydrogen-bond donors (Lipinski definition) is 1. The number of hydrogen-bond acceptors (Lipinski definition) is 7. The van der Waals surface area contributed by atoms with E-state index in [2.05, 4.69) is 22.0 Å². The topological polar surface area (TPSA) is 56.8 Å². The van der Waals surface area contributed by atoms with Gasteiger partial charge in [0.05, 0.1) is 7.11 Å². The van der Waals surface area contributed by atoms with Crippen molar-refractivity contribution in [3.63, 3.8) is 0 Å². The molecule has 170 valence electrons. The number of rotatable bonds is 11. The average Bonchev–Trinajstić information content (AvgIpc) is 2.79. The van der Waals surface area contributed by atoms with E-state index in [9.17, 15) is 0 Å². The summed E-state index contributed by atoms with van der Waals surface area (Å²) >= 11 is 0. The fraction of sp³-hybridized carbons (Fsp3) is 0.583.